The van der Waals surface area contributed by atoms with Crippen LogP contribution in [0.15, 0.2) is 67.4 Å². The van der Waals surface area contributed by atoms with Gasteiger partial charge in [-0.2, -0.15) is 4.68 Å². The van der Waals surface area contributed by atoms with Gasteiger partial charge in [-0.25, -0.2) is 4.98 Å². The van der Waals surface area contributed by atoms with Crippen LogP contribution >= 0.6 is 11.6 Å². The number of hydrogen-bond acceptors (Lipinski definition) is 7. The van der Waals surface area contributed by atoms with E-state index in [0.717, 1.165) is 5.56 Å². The maximum Gasteiger partial charge on any atom is 0.244 e. The second-order valence-corrected chi connectivity index (χ2v) is 8.69. The Morgan fingerprint density at radius 1 is 1.22 bits per heavy atom. The second kappa shape index (κ2) is 11.0. The maximum atomic E-state index is 12.9. The third-order valence-electron chi connectivity index (χ3n) is 5.70. The van der Waals surface area contributed by atoms with Crippen molar-refractivity contribution in [1.82, 2.24) is 40.5 Å². The lowest BCUT2D eigenvalue weighted by atomic mass is 10.1. The second-order valence-electron chi connectivity index (χ2n) is 8.25. The number of allylic oxidation sites excluding steroid dienone is 1. The quantitative estimate of drug-likeness (QED) is 0.278. The lowest BCUT2D eigenvalue weighted by Gasteiger charge is -2.14. The summed E-state index contributed by atoms with van der Waals surface area (Å²) in [6, 6.07) is 6.60. The summed E-state index contributed by atoms with van der Waals surface area (Å²) in [5.74, 6) is 0.173. The van der Waals surface area contributed by atoms with Gasteiger partial charge in [-0.1, -0.05) is 23.8 Å². The van der Waals surface area contributed by atoms with Crippen LogP contribution in [-0.2, 0) is 9.59 Å². The molecule has 0 radical (unpaired) electrons. The van der Waals surface area contributed by atoms with Crippen molar-refractivity contribution in [2.24, 2.45) is 0 Å². The number of tetrazole rings is 1. The van der Waals surface area contributed by atoms with Gasteiger partial charge >= 0.3 is 0 Å². The standard InChI is InChI=1S/C25H22ClN9O2/c26-17-7-8-22(35-15-29-33-34-35)16(12-17)6-9-24(37)30-19-4-2-1-3-5-23(36)31-20-13-27-11-10-18(20)21-14-28-25(19)32-21/h1-2,6-15,19H,3-5H2,(H,28,32)(H,30,37)(H,31,36). The van der Waals surface area contributed by atoms with Gasteiger partial charge in [0.15, 0.2) is 0 Å². The molecule has 1 aliphatic rings. The van der Waals surface area contributed by atoms with E-state index in [1.807, 2.05) is 12.2 Å². The number of rotatable bonds is 4. The van der Waals surface area contributed by atoms with Crippen LogP contribution in [0.4, 0.5) is 5.69 Å². The average molecular weight is 516 g/mol. The van der Waals surface area contributed by atoms with E-state index in [-0.39, 0.29) is 11.8 Å². The van der Waals surface area contributed by atoms with E-state index in [1.165, 1.54) is 17.1 Å². The highest BCUT2D eigenvalue weighted by Gasteiger charge is 2.18. The van der Waals surface area contributed by atoms with Gasteiger partial charge in [0.1, 0.15) is 12.2 Å². The lowest BCUT2D eigenvalue weighted by Crippen LogP contribution is -2.27. The van der Waals surface area contributed by atoms with E-state index < -0.39 is 6.04 Å². The molecule has 0 spiro atoms. The number of amides is 2. The predicted octanol–water partition coefficient (Wildman–Crippen LogP) is 3.65. The van der Waals surface area contributed by atoms with Gasteiger partial charge in [-0.05, 0) is 53.6 Å². The highest BCUT2D eigenvalue weighted by atomic mass is 35.5. The smallest absolute Gasteiger partial charge is 0.244 e. The minimum Gasteiger partial charge on any atom is -0.342 e. The van der Waals surface area contributed by atoms with Crippen LogP contribution in [0.25, 0.3) is 23.0 Å². The van der Waals surface area contributed by atoms with Crippen molar-refractivity contribution in [3.63, 3.8) is 0 Å². The molecule has 5 rings (SSSR count). The Morgan fingerprint density at radius 2 is 2.14 bits per heavy atom. The van der Waals surface area contributed by atoms with Gasteiger partial charge in [0.25, 0.3) is 0 Å². The molecule has 2 bridgehead atoms. The number of imidazole rings is 1. The molecule has 3 N–H and O–H groups in total. The van der Waals surface area contributed by atoms with Gasteiger partial charge in [0.05, 0.1) is 35.5 Å². The summed E-state index contributed by atoms with van der Waals surface area (Å²) in [4.78, 5) is 37.2. The number of benzene rings is 1. The number of hydrogen-bond donors (Lipinski definition) is 3. The SMILES string of the molecule is O=C(C=Cc1cc(Cl)ccc1-n1cnnn1)NC1CC=CCCC(=O)Nc2cnccc2-c2cnc1[nH]2. The molecule has 1 atom stereocenters. The molecule has 4 aromatic rings. The van der Waals surface area contributed by atoms with E-state index in [2.05, 4.69) is 41.1 Å². The number of pyridine rings is 1. The molecule has 0 fully saturated rings. The molecule has 186 valence electrons. The van der Waals surface area contributed by atoms with E-state index in [0.29, 0.717) is 52.7 Å². The zero-order chi connectivity index (χ0) is 25.6. The highest BCUT2D eigenvalue weighted by molar-refractivity contribution is 6.30. The number of fused-ring (bicyclic) bond motifs is 4. The minimum atomic E-state index is -0.421. The summed E-state index contributed by atoms with van der Waals surface area (Å²) in [6.45, 7) is 0. The lowest BCUT2D eigenvalue weighted by molar-refractivity contribution is -0.117. The van der Waals surface area contributed by atoms with Crippen LogP contribution in [0.3, 0.4) is 0 Å². The van der Waals surface area contributed by atoms with Crippen molar-refractivity contribution in [2.75, 3.05) is 5.32 Å². The summed E-state index contributed by atoms with van der Waals surface area (Å²) < 4.78 is 1.49. The monoisotopic (exact) mass is 515 g/mol. The van der Waals surface area contributed by atoms with Crippen LogP contribution in [0.1, 0.15) is 36.7 Å². The van der Waals surface area contributed by atoms with Crippen molar-refractivity contribution in [3.8, 4) is 16.9 Å². The fourth-order valence-corrected chi connectivity index (χ4v) is 4.10. The third kappa shape index (κ3) is 5.78. The van der Waals surface area contributed by atoms with E-state index >= 15 is 0 Å². The summed E-state index contributed by atoms with van der Waals surface area (Å²) >= 11 is 6.17. The first kappa shape index (κ1) is 24.1. The topological polar surface area (TPSA) is 143 Å². The van der Waals surface area contributed by atoms with Gasteiger partial charge in [-0.3, -0.25) is 14.6 Å². The van der Waals surface area contributed by atoms with Crippen molar-refractivity contribution in [2.45, 2.75) is 25.3 Å². The Balaban J connectivity index is 1.39. The average Bonchev–Trinajstić information content (AvgIpc) is 3.60. The molecule has 12 heteroatoms. The number of anilines is 1. The summed E-state index contributed by atoms with van der Waals surface area (Å²) in [7, 11) is 0. The number of aromatic nitrogens is 7. The van der Waals surface area contributed by atoms with Crippen LogP contribution in [-0.4, -0.2) is 47.0 Å². The Labute approximate surface area is 216 Å². The fraction of sp³-hybridized carbons (Fsp3) is 0.160. The molecule has 1 aliphatic heterocycles. The predicted molar refractivity (Wildman–Crippen MR) is 138 cm³/mol. The largest absolute Gasteiger partial charge is 0.342 e. The number of H-pyrrole nitrogens is 1. The Bertz CT molecular complexity index is 1480. The van der Waals surface area contributed by atoms with Crippen LogP contribution in [0, 0.1) is 0 Å². The number of nitrogens with one attached hydrogen (secondary N) is 3. The Morgan fingerprint density at radius 3 is 3.00 bits per heavy atom. The molecule has 1 unspecified atom stereocenters. The van der Waals surface area contributed by atoms with Gasteiger partial charge in [0.2, 0.25) is 11.8 Å². The molecule has 0 aliphatic carbocycles. The molecule has 3 aromatic heterocycles. The number of carbonyl (C=O) groups is 2. The first-order valence-corrected chi connectivity index (χ1v) is 11.9. The zero-order valence-corrected chi connectivity index (χ0v) is 20.3. The highest BCUT2D eigenvalue weighted by Crippen LogP contribution is 2.28. The molecule has 37 heavy (non-hydrogen) atoms. The molecular weight excluding hydrogens is 494 g/mol. The summed E-state index contributed by atoms with van der Waals surface area (Å²) in [5, 5.41) is 17.7. The first-order chi connectivity index (χ1) is 18.1. The van der Waals surface area contributed by atoms with Crippen LogP contribution in [0.5, 0.6) is 0 Å². The molecule has 11 nitrogen and oxygen atoms in total. The van der Waals surface area contributed by atoms with Gasteiger partial charge in [0, 0.05) is 34.8 Å². The zero-order valence-electron chi connectivity index (χ0n) is 19.5. The molecular formula is C25H22ClN9O2. The van der Waals surface area contributed by atoms with Gasteiger partial charge < -0.3 is 15.6 Å². The third-order valence-corrected chi connectivity index (χ3v) is 5.94. The van der Waals surface area contributed by atoms with Crippen LogP contribution in [0.2, 0.25) is 5.02 Å². The summed E-state index contributed by atoms with van der Waals surface area (Å²) in [6.07, 6.45) is 14.7. The Kier molecular flexibility index (Phi) is 7.13. The van der Waals surface area contributed by atoms with Crippen molar-refractivity contribution < 1.29 is 9.59 Å². The normalized spacial score (nSPS) is 15.8. The van der Waals surface area contributed by atoms with Crippen molar-refractivity contribution in [1.29, 1.82) is 0 Å². The van der Waals surface area contributed by atoms with Gasteiger partial charge in [-0.15, -0.1) is 5.10 Å². The number of aromatic amines is 1. The molecule has 0 saturated heterocycles. The molecule has 2 amide bonds. The van der Waals surface area contributed by atoms with Crippen molar-refractivity contribution >= 4 is 35.2 Å². The maximum absolute atomic E-state index is 12.9. The van der Waals surface area contributed by atoms with E-state index in [9.17, 15) is 9.59 Å². The molecule has 4 heterocycles. The minimum absolute atomic E-state index is 0.102. The number of carbonyl (C=O) groups excluding carboxylic acids is 2. The molecule has 1 aromatic carbocycles. The first-order valence-electron chi connectivity index (χ1n) is 11.5. The Hall–Kier alpha value is -4.64. The number of halogens is 1. The van der Waals surface area contributed by atoms with E-state index in [1.54, 1.807) is 48.9 Å². The molecule has 0 saturated carbocycles. The summed E-state index contributed by atoms with van der Waals surface area (Å²) in [5.41, 5.74) is 3.41. The van der Waals surface area contributed by atoms with Crippen molar-refractivity contribution in [3.05, 3.63) is 83.8 Å². The number of nitrogens with zero attached hydrogens (tertiary/aromatic N) is 6. The van der Waals surface area contributed by atoms with E-state index in [4.69, 9.17) is 11.6 Å². The van der Waals surface area contributed by atoms with Crippen LogP contribution < -0.4 is 10.6 Å². The fourth-order valence-electron chi connectivity index (χ4n) is 3.92.